The van der Waals surface area contributed by atoms with E-state index in [9.17, 15) is 4.79 Å². The van der Waals surface area contributed by atoms with Crippen molar-refractivity contribution < 1.29 is 19.0 Å². The van der Waals surface area contributed by atoms with Crippen molar-refractivity contribution in [1.82, 2.24) is 4.90 Å². The number of likely N-dealkylation sites (tertiary alicyclic amines) is 1. The number of carbonyl (C=O) groups excluding carboxylic acids is 1. The molecule has 18 heavy (non-hydrogen) atoms. The molecule has 0 N–H and O–H groups in total. The predicted octanol–water partition coefficient (Wildman–Crippen LogP) is 0.921. The molecular weight excluding hydrogens is 234 g/mol. The van der Waals surface area contributed by atoms with Crippen LogP contribution in [0.2, 0.25) is 0 Å². The molecule has 0 aromatic carbocycles. The maximum Gasteiger partial charge on any atom is 0.251 e. The third kappa shape index (κ3) is 2.39. The summed E-state index contributed by atoms with van der Waals surface area (Å²) in [5.74, 6) is -0.260. The first-order valence-electron chi connectivity index (χ1n) is 6.97. The van der Waals surface area contributed by atoms with E-state index in [1.807, 2.05) is 4.90 Å². The third-order valence-corrected chi connectivity index (χ3v) is 4.06. The minimum absolute atomic E-state index is 0.151. The normalized spacial score (nSPS) is 31.8. The Morgan fingerprint density at radius 1 is 1.06 bits per heavy atom. The molecule has 102 valence electrons. The highest BCUT2D eigenvalue weighted by molar-refractivity contribution is 5.81. The van der Waals surface area contributed by atoms with Crippen molar-refractivity contribution in [1.29, 1.82) is 0 Å². The van der Waals surface area contributed by atoms with Gasteiger partial charge in [-0.1, -0.05) is 0 Å². The molecule has 0 aromatic heterocycles. The molecule has 3 aliphatic heterocycles. The molecule has 1 unspecified atom stereocenters. The molecule has 3 heterocycles. The quantitative estimate of drug-likeness (QED) is 0.699. The summed E-state index contributed by atoms with van der Waals surface area (Å²) in [5, 5.41) is 0. The fourth-order valence-corrected chi connectivity index (χ4v) is 2.95. The molecule has 1 atom stereocenters. The number of amides is 1. The first kappa shape index (κ1) is 12.4. The Kier molecular flexibility index (Phi) is 3.54. The van der Waals surface area contributed by atoms with Crippen molar-refractivity contribution in [2.45, 2.75) is 44.0 Å². The maximum absolute atomic E-state index is 12.2. The second-order valence-corrected chi connectivity index (χ2v) is 5.29. The number of rotatable bonds is 1. The lowest BCUT2D eigenvalue weighted by Gasteiger charge is -2.43. The molecule has 0 aliphatic carbocycles. The Bertz CT molecular complexity index is 298. The van der Waals surface area contributed by atoms with Gasteiger partial charge in [0.2, 0.25) is 0 Å². The second-order valence-electron chi connectivity index (χ2n) is 5.29. The van der Waals surface area contributed by atoms with Crippen molar-refractivity contribution >= 4 is 5.91 Å². The van der Waals surface area contributed by atoms with Crippen molar-refractivity contribution in [3.8, 4) is 0 Å². The van der Waals surface area contributed by atoms with Crippen LogP contribution in [0.15, 0.2) is 0 Å². The fourth-order valence-electron chi connectivity index (χ4n) is 2.95. The van der Waals surface area contributed by atoms with E-state index >= 15 is 0 Å². The smallest absolute Gasteiger partial charge is 0.251 e. The van der Waals surface area contributed by atoms with Crippen LogP contribution in [-0.4, -0.2) is 55.6 Å². The largest absolute Gasteiger partial charge is 0.368 e. The van der Waals surface area contributed by atoms with Crippen LogP contribution in [0.25, 0.3) is 0 Å². The molecule has 0 bridgehead atoms. The molecule has 3 saturated heterocycles. The lowest BCUT2D eigenvalue weighted by atomic mass is 10.0. The first-order chi connectivity index (χ1) is 8.79. The van der Waals surface area contributed by atoms with Crippen LogP contribution in [0.3, 0.4) is 0 Å². The van der Waals surface area contributed by atoms with Gasteiger partial charge in [-0.25, -0.2) is 0 Å². The van der Waals surface area contributed by atoms with Crippen molar-refractivity contribution in [2.24, 2.45) is 0 Å². The molecule has 0 radical (unpaired) electrons. The zero-order chi connectivity index (χ0) is 12.4. The van der Waals surface area contributed by atoms with Gasteiger partial charge in [-0.2, -0.15) is 0 Å². The van der Waals surface area contributed by atoms with Gasteiger partial charge in [0.25, 0.3) is 5.91 Å². The van der Waals surface area contributed by atoms with Gasteiger partial charge in [-0.05, 0) is 19.3 Å². The van der Waals surface area contributed by atoms with E-state index in [2.05, 4.69) is 0 Å². The fraction of sp³-hybridized carbons (Fsp3) is 0.923. The highest BCUT2D eigenvalue weighted by Gasteiger charge is 2.40. The Hall–Kier alpha value is -0.650. The highest BCUT2D eigenvalue weighted by atomic mass is 16.7. The lowest BCUT2D eigenvalue weighted by Crippen LogP contribution is -2.53. The van der Waals surface area contributed by atoms with Gasteiger partial charge in [0.1, 0.15) is 6.10 Å². The SMILES string of the molecule is O=C(C1CCCO1)N1CCC2(CC1)OCCCO2. The van der Waals surface area contributed by atoms with E-state index < -0.39 is 5.79 Å². The third-order valence-electron chi connectivity index (χ3n) is 4.06. The number of ether oxygens (including phenoxy) is 3. The summed E-state index contributed by atoms with van der Waals surface area (Å²) in [7, 11) is 0. The summed E-state index contributed by atoms with van der Waals surface area (Å²) in [4.78, 5) is 14.1. The van der Waals surface area contributed by atoms with Gasteiger partial charge < -0.3 is 19.1 Å². The summed E-state index contributed by atoms with van der Waals surface area (Å²) >= 11 is 0. The van der Waals surface area contributed by atoms with E-state index in [1.165, 1.54) is 0 Å². The number of carbonyl (C=O) groups is 1. The van der Waals surface area contributed by atoms with Gasteiger partial charge in [-0.3, -0.25) is 4.79 Å². The molecule has 0 aromatic rings. The van der Waals surface area contributed by atoms with Gasteiger partial charge in [0.15, 0.2) is 5.79 Å². The second kappa shape index (κ2) is 5.15. The highest BCUT2D eigenvalue weighted by Crippen LogP contribution is 2.31. The Morgan fingerprint density at radius 3 is 2.39 bits per heavy atom. The molecule has 5 heteroatoms. The van der Waals surface area contributed by atoms with E-state index in [1.54, 1.807) is 0 Å². The molecule has 3 rings (SSSR count). The molecule has 1 spiro atoms. The number of piperidine rings is 1. The predicted molar refractivity (Wildman–Crippen MR) is 64.0 cm³/mol. The zero-order valence-corrected chi connectivity index (χ0v) is 10.7. The number of hydrogen-bond donors (Lipinski definition) is 0. The topological polar surface area (TPSA) is 48.0 Å². The summed E-state index contributed by atoms with van der Waals surface area (Å²) in [5.41, 5.74) is 0. The van der Waals surface area contributed by atoms with E-state index in [4.69, 9.17) is 14.2 Å². The Morgan fingerprint density at radius 2 is 1.78 bits per heavy atom. The van der Waals surface area contributed by atoms with Crippen LogP contribution in [0.5, 0.6) is 0 Å². The van der Waals surface area contributed by atoms with Crippen molar-refractivity contribution in [3.05, 3.63) is 0 Å². The summed E-state index contributed by atoms with van der Waals surface area (Å²) < 4.78 is 17.0. The van der Waals surface area contributed by atoms with E-state index in [0.29, 0.717) is 0 Å². The molecule has 3 fully saturated rings. The summed E-state index contributed by atoms with van der Waals surface area (Å²) in [6.45, 7) is 3.72. The molecule has 1 amide bonds. The zero-order valence-electron chi connectivity index (χ0n) is 10.7. The monoisotopic (exact) mass is 255 g/mol. The lowest BCUT2D eigenvalue weighted by molar-refractivity contribution is -0.283. The number of hydrogen-bond acceptors (Lipinski definition) is 4. The van der Waals surface area contributed by atoms with Gasteiger partial charge in [0.05, 0.1) is 13.2 Å². The Labute approximate surface area is 107 Å². The van der Waals surface area contributed by atoms with Gasteiger partial charge in [-0.15, -0.1) is 0 Å². The average molecular weight is 255 g/mol. The van der Waals surface area contributed by atoms with Crippen LogP contribution in [0, 0.1) is 0 Å². The van der Waals surface area contributed by atoms with E-state index in [-0.39, 0.29) is 12.0 Å². The summed E-state index contributed by atoms with van der Waals surface area (Å²) in [6.07, 6.45) is 4.21. The van der Waals surface area contributed by atoms with Crippen molar-refractivity contribution in [3.63, 3.8) is 0 Å². The van der Waals surface area contributed by atoms with Crippen LogP contribution in [0.1, 0.15) is 32.1 Å². The average Bonchev–Trinajstić information content (AvgIpc) is 2.94. The Balaban J connectivity index is 1.54. The first-order valence-corrected chi connectivity index (χ1v) is 6.97. The molecule has 3 aliphatic rings. The maximum atomic E-state index is 12.2. The van der Waals surface area contributed by atoms with Gasteiger partial charge >= 0.3 is 0 Å². The van der Waals surface area contributed by atoms with Crippen LogP contribution < -0.4 is 0 Å². The minimum atomic E-state index is -0.411. The van der Waals surface area contributed by atoms with Crippen LogP contribution in [-0.2, 0) is 19.0 Å². The van der Waals surface area contributed by atoms with Crippen LogP contribution in [0.4, 0.5) is 0 Å². The van der Waals surface area contributed by atoms with Crippen molar-refractivity contribution in [2.75, 3.05) is 32.9 Å². The minimum Gasteiger partial charge on any atom is -0.368 e. The number of nitrogens with zero attached hydrogens (tertiary/aromatic N) is 1. The summed E-state index contributed by atoms with van der Waals surface area (Å²) in [6, 6.07) is 0. The standard InChI is InChI=1S/C13H21NO4/c15-12(11-3-1-8-16-11)14-6-4-13(5-7-14)17-9-2-10-18-13/h11H,1-10H2. The molecule has 0 saturated carbocycles. The molecule has 5 nitrogen and oxygen atoms in total. The van der Waals surface area contributed by atoms with Crippen LogP contribution >= 0.6 is 0 Å². The van der Waals surface area contributed by atoms with Gasteiger partial charge in [0, 0.05) is 32.5 Å². The molecular formula is C13H21NO4. The van der Waals surface area contributed by atoms with E-state index in [0.717, 1.165) is 65.0 Å².